The van der Waals surface area contributed by atoms with E-state index in [0.717, 1.165) is 27.8 Å². The van der Waals surface area contributed by atoms with Crippen LogP contribution in [0.5, 0.6) is 28.7 Å². The number of ether oxygens (including phenoxy) is 3. The quantitative estimate of drug-likeness (QED) is 0.297. The second kappa shape index (κ2) is 12.6. The molecule has 2 bridgehead atoms. The first kappa shape index (κ1) is 32.4. The summed E-state index contributed by atoms with van der Waals surface area (Å²) in [6.45, 7) is 3.95. The number of carbonyl (C=O) groups excluding carboxylic acids is 1. The Balaban J connectivity index is 0.00000357. The largest absolute Gasteiger partial charge is 0.507 e. The van der Waals surface area contributed by atoms with Gasteiger partial charge in [-0.2, -0.15) is 0 Å². The molecule has 4 aliphatic rings. The maximum atomic E-state index is 13.2. The summed E-state index contributed by atoms with van der Waals surface area (Å²) in [4.78, 5) is 17.4. The topological polar surface area (TPSA) is 124 Å². The number of benzene rings is 3. The fourth-order valence-electron chi connectivity index (χ4n) is 8.05. The van der Waals surface area contributed by atoms with Crippen LogP contribution in [0.4, 0.5) is 0 Å². The predicted octanol–water partition coefficient (Wildman–Crippen LogP) is 3.40. The second-order valence-electron chi connectivity index (χ2n) is 12.4. The number of nitrogens with one attached hydrogen (secondary N) is 1. The van der Waals surface area contributed by atoms with Gasteiger partial charge in [-0.15, -0.1) is 0 Å². The predicted molar refractivity (Wildman–Crippen MR) is 162 cm³/mol. The number of phenolic OH excluding ortho intramolecular Hbond substituents is 2. The van der Waals surface area contributed by atoms with Gasteiger partial charge in [0.1, 0.15) is 12.0 Å². The molecule has 4 aliphatic heterocycles. The molecule has 1 fully saturated rings. The molecule has 1 radical (unpaired) electrons. The van der Waals surface area contributed by atoms with Crippen molar-refractivity contribution >= 4 is 5.91 Å². The molecule has 45 heavy (non-hydrogen) atoms. The number of nitrogens with zero attached hydrogens (tertiary/aromatic N) is 2. The number of likely N-dealkylation sites (N-methyl/N-ethyl adjacent to an activating group) is 1. The van der Waals surface area contributed by atoms with Crippen LogP contribution in [-0.4, -0.2) is 76.8 Å². The molecule has 1 amide bonds. The molecule has 0 aromatic heterocycles. The summed E-state index contributed by atoms with van der Waals surface area (Å²) in [5, 5.41) is 38.3. The molecule has 0 aliphatic carbocycles. The van der Waals surface area contributed by atoms with Crippen molar-refractivity contribution in [1.82, 2.24) is 15.1 Å². The zero-order chi connectivity index (χ0) is 30.9. The summed E-state index contributed by atoms with van der Waals surface area (Å²) in [6, 6.07) is 10.5. The molecule has 1 unspecified atom stereocenters. The van der Waals surface area contributed by atoms with Crippen molar-refractivity contribution in [2.75, 3.05) is 27.5 Å². The summed E-state index contributed by atoms with van der Waals surface area (Å²) >= 11 is 0. The number of hydrogen-bond donors (Lipinski definition) is 4. The fourth-order valence-corrected chi connectivity index (χ4v) is 8.05. The van der Waals surface area contributed by atoms with Crippen LogP contribution in [0.2, 0.25) is 0 Å². The molecular formula is C34H39AcN3O7. The number of methoxy groups -OCH3 is 1. The summed E-state index contributed by atoms with van der Waals surface area (Å²) in [5.74, 6) is 1.62. The third-order valence-corrected chi connectivity index (χ3v) is 10.1. The van der Waals surface area contributed by atoms with Crippen molar-refractivity contribution in [2.45, 2.75) is 69.9 Å². The Morgan fingerprint density at radius 2 is 1.78 bits per heavy atom. The van der Waals surface area contributed by atoms with Gasteiger partial charge in [-0.25, -0.2) is 0 Å². The molecule has 0 saturated carbocycles. The van der Waals surface area contributed by atoms with E-state index in [1.165, 1.54) is 0 Å². The number of fused-ring (bicyclic) bond motifs is 9. The Morgan fingerprint density at radius 3 is 2.51 bits per heavy atom. The van der Waals surface area contributed by atoms with Crippen molar-refractivity contribution in [3.63, 3.8) is 0 Å². The minimum absolute atomic E-state index is 0. The van der Waals surface area contributed by atoms with Crippen LogP contribution in [0.3, 0.4) is 0 Å². The molecule has 0 spiro atoms. The number of aliphatic hydroxyl groups is 1. The van der Waals surface area contributed by atoms with Gasteiger partial charge in [0.25, 0.3) is 0 Å². The van der Waals surface area contributed by atoms with Gasteiger partial charge in [0, 0.05) is 85.3 Å². The van der Waals surface area contributed by atoms with Crippen LogP contribution < -0.4 is 19.5 Å². The van der Waals surface area contributed by atoms with Gasteiger partial charge in [-0.1, -0.05) is 36.4 Å². The Bertz CT molecular complexity index is 1630. The van der Waals surface area contributed by atoms with E-state index >= 15 is 0 Å². The number of hydrogen-bond acceptors (Lipinski definition) is 9. The average Bonchev–Trinajstić information content (AvgIpc) is 3.51. The number of piperazine rings is 1. The smallest absolute Gasteiger partial charge is 0.231 e. The van der Waals surface area contributed by atoms with Gasteiger partial charge < -0.3 is 34.8 Å². The van der Waals surface area contributed by atoms with Crippen molar-refractivity contribution in [1.29, 1.82) is 0 Å². The number of carbonyl (C=O) groups is 1. The van der Waals surface area contributed by atoms with Crippen molar-refractivity contribution in [2.24, 2.45) is 0 Å². The minimum Gasteiger partial charge on any atom is -0.507 e. The number of aryl methyl sites for hydroxylation is 2. The van der Waals surface area contributed by atoms with Gasteiger partial charge in [0.15, 0.2) is 23.0 Å². The van der Waals surface area contributed by atoms with Gasteiger partial charge in [0.05, 0.1) is 25.2 Å². The molecule has 3 aromatic carbocycles. The molecule has 10 nitrogen and oxygen atoms in total. The van der Waals surface area contributed by atoms with Gasteiger partial charge in [0.2, 0.25) is 12.7 Å². The van der Waals surface area contributed by atoms with E-state index in [9.17, 15) is 20.1 Å². The van der Waals surface area contributed by atoms with E-state index in [1.54, 1.807) is 7.11 Å². The van der Waals surface area contributed by atoms with Crippen LogP contribution in [0, 0.1) is 57.9 Å². The SMILES string of the molecule is COc1c(C)cc2c(c1O)[C@@H]1C3Cc4c(O)c(C)c5c(c4[C@H](CNC(=O)CCc4ccccc4)N3[C@@H](O)[C@H](C2)N1C)OCO5.[Ac]. The van der Waals surface area contributed by atoms with E-state index in [0.29, 0.717) is 54.1 Å². The van der Waals surface area contributed by atoms with Crippen molar-refractivity contribution < 1.29 is 78.4 Å². The summed E-state index contributed by atoms with van der Waals surface area (Å²) in [5.41, 5.74) is 5.72. The number of amides is 1. The molecule has 3 aromatic rings. The van der Waals surface area contributed by atoms with Crippen LogP contribution in [0.25, 0.3) is 0 Å². The van der Waals surface area contributed by atoms with E-state index in [4.69, 9.17) is 14.2 Å². The number of rotatable bonds is 6. The molecule has 5 atom stereocenters. The Morgan fingerprint density at radius 1 is 1.04 bits per heavy atom. The average molecular weight is 829 g/mol. The molecule has 1 saturated heterocycles. The first-order valence-corrected chi connectivity index (χ1v) is 15.2. The van der Waals surface area contributed by atoms with Crippen LogP contribution in [0.15, 0.2) is 36.4 Å². The fraction of sp³-hybridized carbons (Fsp3) is 0.441. The van der Waals surface area contributed by atoms with Crippen LogP contribution in [0.1, 0.15) is 57.4 Å². The number of aliphatic hydroxyl groups excluding tert-OH is 1. The summed E-state index contributed by atoms with van der Waals surface area (Å²) in [6.07, 6.45) is 0.970. The Labute approximate surface area is 298 Å². The van der Waals surface area contributed by atoms with Crippen LogP contribution in [-0.2, 0) is 24.1 Å². The molecule has 4 N–H and O–H groups in total. The van der Waals surface area contributed by atoms with E-state index in [-0.39, 0.29) is 92.9 Å². The first-order chi connectivity index (χ1) is 21.2. The Hall–Kier alpha value is -2.55. The van der Waals surface area contributed by atoms with Crippen molar-refractivity contribution in [3.05, 3.63) is 75.3 Å². The van der Waals surface area contributed by atoms with E-state index < -0.39 is 12.3 Å². The number of aromatic hydroxyl groups is 2. The summed E-state index contributed by atoms with van der Waals surface area (Å²) < 4.78 is 17.4. The van der Waals surface area contributed by atoms with Gasteiger partial charge >= 0.3 is 0 Å². The summed E-state index contributed by atoms with van der Waals surface area (Å²) in [7, 11) is 3.53. The molecule has 7 rings (SSSR count). The third-order valence-electron chi connectivity index (χ3n) is 10.1. The van der Waals surface area contributed by atoms with Gasteiger partial charge in [-0.05, 0) is 56.8 Å². The maximum Gasteiger partial charge on any atom is 0.231 e. The second-order valence-corrected chi connectivity index (χ2v) is 12.4. The molecule has 235 valence electrons. The monoisotopic (exact) mass is 828 g/mol. The molecular weight excluding hydrogens is 789 g/mol. The molecule has 4 heterocycles. The van der Waals surface area contributed by atoms with E-state index in [1.807, 2.05) is 57.3 Å². The zero-order valence-electron chi connectivity index (χ0n) is 26.0. The maximum absolute atomic E-state index is 13.2. The Kier molecular flexibility index (Phi) is 9.05. The standard InChI is InChI=1S/C34H39N3O7.Ac/c1-17-12-20-13-23-34(41)37-22(28(36(23)3)26(20)30(40)31(17)42-4)14-21-27(33-32(43-16-44-33)18(2)29(21)39)24(37)15-35-25(38)11-10-19-8-6-5-7-9-19;/h5-9,12,22-24,28,34,39-41H,10-11,13-16H2,1-4H3,(H,35,38);/t22?,23-,24-,28-,34-;/m0./s1. The minimum atomic E-state index is -0.889. The zero-order valence-corrected chi connectivity index (χ0v) is 30.8. The normalized spacial score (nSPS) is 24.6. The van der Waals surface area contributed by atoms with Crippen LogP contribution >= 0.6 is 0 Å². The first-order valence-electron chi connectivity index (χ1n) is 15.2. The number of phenols is 2. The molecule has 11 heteroatoms. The third kappa shape index (κ3) is 5.19. The van der Waals surface area contributed by atoms with Crippen molar-refractivity contribution in [3.8, 4) is 28.7 Å². The van der Waals surface area contributed by atoms with E-state index in [2.05, 4.69) is 15.1 Å². The van der Waals surface area contributed by atoms with Gasteiger partial charge in [-0.3, -0.25) is 14.6 Å².